The molecule has 0 heterocycles. The van der Waals surface area contributed by atoms with Gasteiger partial charge in [-0.25, -0.2) is 0 Å². The van der Waals surface area contributed by atoms with E-state index in [9.17, 15) is 0 Å². The van der Waals surface area contributed by atoms with Gasteiger partial charge in [0.1, 0.15) is 0 Å². The normalized spacial score (nSPS) is 20.0. The predicted octanol–water partition coefficient (Wildman–Crippen LogP) is 2.16. The molecule has 1 rings (SSSR count). The highest BCUT2D eigenvalue weighted by atomic mass is 16.7. The third kappa shape index (κ3) is 4.49. The summed E-state index contributed by atoms with van der Waals surface area (Å²) in [6.45, 7) is 3.18. The van der Waals surface area contributed by atoms with Crippen molar-refractivity contribution in [3.8, 4) is 0 Å². The zero-order valence-electron chi connectivity index (χ0n) is 10.3. The zero-order chi connectivity index (χ0) is 11.1. The van der Waals surface area contributed by atoms with Crippen molar-refractivity contribution in [2.24, 2.45) is 5.92 Å². The van der Waals surface area contributed by atoms with Gasteiger partial charge < -0.3 is 14.8 Å². The van der Waals surface area contributed by atoms with Gasteiger partial charge in [-0.15, -0.1) is 0 Å². The molecule has 0 bridgehead atoms. The largest absolute Gasteiger partial charge is 0.354 e. The molecule has 1 atom stereocenters. The lowest BCUT2D eigenvalue weighted by molar-refractivity contribution is -0.119. The number of methoxy groups -OCH3 is 2. The van der Waals surface area contributed by atoms with E-state index in [4.69, 9.17) is 9.47 Å². The molecule has 0 aromatic heterocycles. The summed E-state index contributed by atoms with van der Waals surface area (Å²) in [5.74, 6) is 0.952. The van der Waals surface area contributed by atoms with Crippen LogP contribution in [0.15, 0.2) is 0 Å². The van der Waals surface area contributed by atoms with Gasteiger partial charge in [0.25, 0.3) is 0 Å². The van der Waals surface area contributed by atoms with E-state index in [1.54, 1.807) is 14.2 Å². The van der Waals surface area contributed by atoms with Crippen LogP contribution in [0, 0.1) is 5.92 Å². The minimum Gasteiger partial charge on any atom is -0.354 e. The van der Waals surface area contributed by atoms with Crippen molar-refractivity contribution in [2.45, 2.75) is 51.4 Å². The lowest BCUT2D eigenvalue weighted by Gasteiger charge is -2.22. The molecule has 3 heteroatoms. The Morgan fingerprint density at radius 3 is 2.33 bits per heavy atom. The van der Waals surface area contributed by atoms with Crippen LogP contribution in [0.25, 0.3) is 0 Å². The number of nitrogens with one attached hydrogen (secondary N) is 1. The molecule has 0 saturated heterocycles. The van der Waals surface area contributed by atoms with Gasteiger partial charge in [-0.1, -0.05) is 25.7 Å². The standard InChI is InChI=1S/C12H25NO2/c1-10(12(14-2)15-3)13-9-8-11-6-4-5-7-11/h10-13H,4-9H2,1-3H3. The lowest BCUT2D eigenvalue weighted by Crippen LogP contribution is -2.40. The molecular weight excluding hydrogens is 190 g/mol. The first-order chi connectivity index (χ1) is 7.27. The van der Waals surface area contributed by atoms with Gasteiger partial charge in [0.05, 0.1) is 6.04 Å². The molecule has 0 aliphatic heterocycles. The number of hydrogen-bond donors (Lipinski definition) is 1. The molecule has 0 amide bonds. The molecule has 1 N–H and O–H groups in total. The monoisotopic (exact) mass is 215 g/mol. The Balaban J connectivity index is 2.07. The quantitative estimate of drug-likeness (QED) is 0.660. The van der Waals surface area contributed by atoms with Gasteiger partial charge in [-0.2, -0.15) is 0 Å². The van der Waals surface area contributed by atoms with Gasteiger partial charge >= 0.3 is 0 Å². The maximum Gasteiger partial charge on any atom is 0.171 e. The van der Waals surface area contributed by atoms with Crippen LogP contribution in [-0.4, -0.2) is 33.1 Å². The fraction of sp³-hybridized carbons (Fsp3) is 1.00. The highest BCUT2D eigenvalue weighted by Crippen LogP contribution is 2.26. The average molecular weight is 215 g/mol. The second kappa shape index (κ2) is 7.20. The van der Waals surface area contributed by atoms with Crippen LogP contribution in [0.3, 0.4) is 0 Å². The van der Waals surface area contributed by atoms with E-state index in [0.717, 1.165) is 12.5 Å². The van der Waals surface area contributed by atoms with Gasteiger partial charge in [0.2, 0.25) is 0 Å². The number of hydrogen-bond acceptors (Lipinski definition) is 3. The smallest absolute Gasteiger partial charge is 0.171 e. The maximum atomic E-state index is 5.20. The molecular formula is C12H25NO2. The lowest BCUT2D eigenvalue weighted by atomic mass is 10.0. The third-order valence-electron chi connectivity index (χ3n) is 3.37. The first kappa shape index (κ1) is 12.9. The van der Waals surface area contributed by atoms with Crippen LogP contribution in [0.2, 0.25) is 0 Å². The molecule has 1 aliphatic rings. The van der Waals surface area contributed by atoms with Crippen molar-refractivity contribution in [1.82, 2.24) is 5.32 Å². The summed E-state index contributed by atoms with van der Waals surface area (Å²) in [5, 5.41) is 3.46. The van der Waals surface area contributed by atoms with Gasteiger partial charge in [-0.05, 0) is 25.8 Å². The molecule has 1 fully saturated rings. The van der Waals surface area contributed by atoms with E-state index in [1.807, 2.05) is 0 Å². The fourth-order valence-electron chi connectivity index (χ4n) is 2.41. The van der Waals surface area contributed by atoms with Crippen molar-refractivity contribution >= 4 is 0 Å². The van der Waals surface area contributed by atoms with Crippen LogP contribution in [0.5, 0.6) is 0 Å². The second-order valence-corrected chi connectivity index (χ2v) is 4.52. The van der Waals surface area contributed by atoms with Crippen molar-refractivity contribution < 1.29 is 9.47 Å². The van der Waals surface area contributed by atoms with E-state index in [2.05, 4.69) is 12.2 Å². The van der Waals surface area contributed by atoms with Gasteiger partial charge in [0.15, 0.2) is 6.29 Å². The minimum absolute atomic E-state index is 0.131. The Hall–Kier alpha value is -0.120. The van der Waals surface area contributed by atoms with Crippen LogP contribution in [0.4, 0.5) is 0 Å². The topological polar surface area (TPSA) is 30.5 Å². The van der Waals surface area contributed by atoms with E-state index in [0.29, 0.717) is 0 Å². The molecule has 15 heavy (non-hydrogen) atoms. The van der Waals surface area contributed by atoms with Crippen LogP contribution < -0.4 is 5.32 Å². The summed E-state index contributed by atoms with van der Waals surface area (Å²) in [6, 6.07) is 0.265. The minimum atomic E-state index is -0.131. The Bertz CT molecular complexity index is 154. The fourth-order valence-corrected chi connectivity index (χ4v) is 2.41. The average Bonchev–Trinajstić information content (AvgIpc) is 2.72. The summed E-state index contributed by atoms with van der Waals surface area (Å²) in [6.07, 6.45) is 6.87. The molecule has 1 unspecified atom stereocenters. The van der Waals surface area contributed by atoms with E-state index >= 15 is 0 Å². The Morgan fingerprint density at radius 2 is 1.80 bits per heavy atom. The summed E-state index contributed by atoms with van der Waals surface area (Å²) in [7, 11) is 3.37. The van der Waals surface area contributed by atoms with Crippen LogP contribution >= 0.6 is 0 Å². The molecule has 1 aliphatic carbocycles. The molecule has 0 spiro atoms. The predicted molar refractivity (Wildman–Crippen MR) is 61.8 cm³/mol. The Kier molecular flexibility index (Phi) is 6.22. The SMILES string of the molecule is COC(OC)C(C)NCCC1CCCC1. The summed E-state index contributed by atoms with van der Waals surface area (Å²) in [5.41, 5.74) is 0. The van der Waals surface area contributed by atoms with E-state index in [-0.39, 0.29) is 12.3 Å². The van der Waals surface area contributed by atoms with E-state index in [1.165, 1.54) is 32.1 Å². The van der Waals surface area contributed by atoms with Crippen molar-refractivity contribution in [3.05, 3.63) is 0 Å². The van der Waals surface area contributed by atoms with Gasteiger partial charge in [0, 0.05) is 14.2 Å². The molecule has 1 saturated carbocycles. The molecule has 0 radical (unpaired) electrons. The van der Waals surface area contributed by atoms with Crippen LogP contribution in [0.1, 0.15) is 39.0 Å². The molecule has 0 aromatic carbocycles. The maximum absolute atomic E-state index is 5.20. The van der Waals surface area contributed by atoms with Crippen molar-refractivity contribution in [3.63, 3.8) is 0 Å². The number of rotatable bonds is 7. The van der Waals surface area contributed by atoms with E-state index < -0.39 is 0 Å². The Labute approximate surface area is 93.5 Å². The highest BCUT2D eigenvalue weighted by molar-refractivity contribution is 4.70. The Morgan fingerprint density at radius 1 is 1.20 bits per heavy atom. The first-order valence-electron chi connectivity index (χ1n) is 6.07. The van der Waals surface area contributed by atoms with Crippen molar-refractivity contribution in [2.75, 3.05) is 20.8 Å². The van der Waals surface area contributed by atoms with Crippen molar-refractivity contribution in [1.29, 1.82) is 0 Å². The zero-order valence-corrected chi connectivity index (χ0v) is 10.3. The third-order valence-corrected chi connectivity index (χ3v) is 3.37. The highest BCUT2D eigenvalue weighted by Gasteiger charge is 2.17. The first-order valence-corrected chi connectivity index (χ1v) is 6.07. The van der Waals surface area contributed by atoms with Gasteiger partial charge in [-0.3, -0.25) is 0 Å². The summed E-state index contributed by atoms with van der Waals surface area (Å²) < 4.78 is 10.4. The summed E-state index contributed by atoms with van der Waals surface area (Å²) >= 11 is 0. The van der Waals surface area contributed by atoms with Crippen LogP contribution in [-0.2, 0) is 9.47 Å². The summed E-state index contributed by atoms with van der Waals surface area (Å²) in [4.78, 5) is 0. The molecule has 0 aromatic rings. The number of ether oxygens (including phenoxy) is 2. The second-order valence-electron chi connectivity index (χ2n) is 4.52. The molecule has 3 nitrogen and oxygen atoms in total. The molecule has 90 valence electrons.